The number of carbonyl (C=O) groups is 1. The van der Waals surface area contributed by atoms with Crippen LogP contribution in [0.1, 0.15) is 62.0 Å². The second kappa shape index (κ2) is 5.95. The fourth-order valence-electron chi connectivity index (χ4n) is 3.73. The molecule has 1 aromatic heterocycles. The maximum Gasteiger partial charge on any atom is 0.191 e. The van der Waals surface area contributed by atoms with Gasteiger partial charge >= 0.3 is 0 Å². The lowest BCUT2D eigenvalue weighted by Gasteiger charge is -2.33. The first-order valence-electron chi connectivity index (χ1n) is 9.05. The van der Waals surface area contributed by atoms with E-state index in [1.54, 1.807) is 0 Å². The Labute approximate surface area is 157 Å². The molecule has 3 heterocycles. The van der Waals surface area contributed by atoms with Crippen LogP contribution in [0, 0.1) is 4.71 Å². The molecule has 26 heavy (non-hydrogen) atoms. The predicted molar refractivity (Wildman–Crippen MR) is 104 cm³/mol. The lowest BCUT2D eigenvalue weighted by molar-refractivity contribution is 0.0869. The van der Waals surface area contributed by atoms with E-state index in [9.17, 15) is 4.79 Å². The van der Waals surface area contributed by atoms with Crippen LogP contribution in [0.2, 0.25) is 0 Å². The summed E-state index contributed by atoms with van der Waals surface area (Å²) in [5.74, 6) is 1.29. The van der Waals surface area contributed by atoms with Gasteiger partial charge < -0.3 is 13.9 Å². The number of hydrogen-bond donors (Lipinski definition) is 0. The minimum absolute atomic E-state index is 0.0246. The predicted octanol–water partition coefficient (Wildman–Crippen LogP) is 5.65. The first kappa shape index (κ1) is 17.3. The molecule has 1 unspecified atom stereocenters. The molecule has 1 aromatic carbocycles. The summed E-state index contributed by atoms with van der Waals surface area (Å²) in [6, 6.07) is 1.87. The molecule has 5 heteroatoms. The standard InChI is InChI=1S/C21H22O4S/c1-5-6-12-10-15(26)24-20-16(12)19-13(7-8-21(3,4)25-19)18-17(20)14(22)9-11(2)23-18/h7-8,10-11H,5-6,9H2,1-4H3. The number of ether oxygens (including phenoxy) is 2. The van der Waals surface area contributed by atoms with E-state index in [4.69, 9.17) is 26.1 Å². The van der Waals surface area contributed by atoms with E-state index in [-0.39, 0.29) is 11.9 Å². The van der Waals surface area contributed by atoms with E-state index in [1.807, 2.05) is 39.0 Å². The van der Waals surface area contributed by atoms with Crippen molar-refractivity contribution in [1.29, 1.82) is 0 Å². The van der Waals surface area contributed by atoms with Crippen LogP contribution in [0.4, 0.5) is 0 Å². The third kappa shape index (κ3) is 2.65. The van der Waals surface area contributed by atoms with Gasteiger partial charge in [0.2, 0.25) is 0 Å². The lowest BCUT2D eigenvalue weighted by Crippen LogP contribution is -2.30. The number of carbonyl (C=O) groups excluding carboxylic acids is 1. The molecule has 2 aliphatic rings. The van der Waals surface area contributed by atoms with Crippen LogP contribution in [0.3, 0.4) is 0 Å². The molecule has 0 saturated carbocycles. The summed E-state index contributed by atoms with van der Waals surface area (Å²) in [5, 5.41) is 0.845. The highest BCUT2D eigenvalue weighted by atomic mass is 32.1. The molecule has 136 valence electrons. The van der Waals surface area contributed by atoms with Crippen LogP contribution in [0.25, 0.3) is 17.0 Å². The fourth-order valence-corrected chi connectivity index (χ4v) is 3.95. The van der Waals surface area contributed by atoms with Crippen molar-refractivity contribution < 1.29 is 18.7 Å². The number of ketones is 1. The topological polar surface area (TPSA) is 48.7 Å². The maximum absolute atomic E-state index is 12.9. The highest BCUT2D eigenvalue weighted by Crippen LogP contribution is 2.49. The van der Waals surface area contributed by atoms with E-state index in [2.05, 4.69) is 6.92 Å². The van der Waals surface area contributed by atoms with Crippen LogP contribution >= 0.6 is 12.2 Å². The van der Waals surface area contributed by atoms with Gasteiger partial charge in [0.1, 0.15) is 28.8 Å². The second-order valence-electron chi connectivity index (χ2n) is 7.59. The normalized spacial score (nSPS) is 20.3. The van der Waals surface area contributed by atoms with E-state index in [0.29, 0.717) is 28.0 Å². The van der Waals surface area contributed by atoms with Gasteiger partial charge in [-0.3, -0.25) is 4.79 Å². The molecule has 2 aromatic rings. The summed E-state index contributed by atoms with van der Waals surface area (Å²) in [6.07, 6.45) is 5.94. The molecule has 4 rings (SSSR count). The second-order valence-corrected chi connectivity index (χ2v) is 7.99. The molecule has 0 aliphatic carbocycles. The third-order valence-corrected chi connectivity index (χ3v) is 5.02. The molecule has 0 bridgehead atoms. The Morgan fingerprint density at radius 3 is 2.81 bits per heavy atom. The summed E-state index contributed by atoms with van der Waals surface area (Å²) in [6.45, 7) is 8.03. The van der Waals surface area contributed by atoms with Gasteiger partial charge in [-0.05, 0) is 63.2 Å². The third-order valence-electron chi connectivity index (χ3n) is 4.82. The van der Waals surface area contributed by atoms with Gasteiger partial charge in [-0.2, -0.15) is 0 Å². The van der Waals surface area contributed by atoms with Crippen molar-refractivity contribution in [1.82, 2.24) is 0 Å². The fraction of sp³-hybridized carbons (Fsp3) is 0.429. The number of fused-ring (bicyclic) bond motifs is 6. The Morgan fingerprint density at radius 2 is 2.08 bits per heavy atom. The van der Waals surface area contributed by atoms with E-state index >= 15 is 0 Å². The SMILES string of the molecule is CCCc1cc(=S)oc2c3c(c4c(c12)OC(C)(C)C=C4)OC(C)CC3=O. The van der Waals surface area contributed by atoms with Gasteiger partial charge in [-0.15, -0.1) is 0 Å². The van der Waals surface area contributed by atoms with E-state index < -0.39 is 5.60 Å². The van der Waals surface area contributed by atoms with E-state index in [1.165, 1.54) is 0 Å². The monoisotopic (exact) mass is 370 g/mol. The molecule has 2 aliphatic heterocycles. The van der Waals surface area contributed by atoms with Gasteiger partial charge in [0.05, 0.1) is 10.9 Å². The van der Waals surface area contributed by atoms with Gasteiger partial charge in [-0.1, -0.05) is 13.3 Å². The van der Waals surface area contributed by atoms with Crippen molar-refractivity contribution in [3.05, 3.63) is 33.5 Å². The van der Waals surface area contributed by atoms with E-state index in [0.717, 1.165) is 35.1 Å². The van der Waals surface area contributed by atoms with Gasteiger partial charge in [0.25, 0.3) is 0 Å². The number of rotatable bonds is 2. The summed E-state index contributed by atoms with van der Waals surface area (Å²) >= 11 is 5.33. The smallest absolute Gasteiger partial charge is 0.191 e. The molecule has 1 atom stereocenters. The van der Waals surface area contributed by atoms with Crippen molar-refractivity contribution in [2.75, 3.05) is 0 Å². The highest BCUT2D eigenvalue weighted by molar-refractivity contribution is 7.71. The first-order valence-corrected chi connectivity index (χ1v) is 9.46. The number of aryl methyl sites for hydroxylation is 1. The number of benzene rings is 1. The van der Waals surface area contributed by atoms with Crippen molar-refractivity contribution in [2.24, 2.45) is 0 Å². The van der Waals surface area contributed by atoms with Gasteiger partial charge in [0.15, 0.2) is 16.1 Å². The van der Waals surface area contributed by atoms with Gasteiger partial charge in [-0.25, -0.2) is 0 Å². The maximum atomic E-state index is 12.9. The highest BCUT2D eigenvalue weighted by Gasteiger charge is 2.36. The summed E-state index contributed by atoms with van der Waals surface area (Å²) in [7, 11) is 0. The van der Waals surface area contributed by atoms with Crippen LogP contribution in [0.15, 0.2) is 16.6 Å². The van der Waals surface area contributed by atoms with Crippen molar-refractivity contribution in [3.8, 4) is 11.5 Å². The summed E-state index contributed by atoms with van der Waals surface area (Å²) in [4.78, 5) is 12.9. The molecule has 0 amide bonds. The van der Waals surface area contributed by atoms with Crippen LogP contribution in [-0.2, 0) is 6.42 Å². The number of Topliss-reactive ketones (excluding diaryl/α,β-unsaturated/α-hetero) is 1. The average Bonchev–Trinajstić information content (AvgIpc) is 2.52. The molecular formula is C21H22O4S. The zero-order valence-electron chi connectivity index (χ0n) is 15.5. The Kier molecular flexibility index (Phi) is 3.95. The lowest BCUT2D eigenvalue weighted by atomic mass is 9.90. The summed E-state index contributed by atoms with van der Waals surface area (Å²) in [5.41, 5.74) is 2.41. The largest absolute Gasteiger partial charge is 0.489 e. The number of hydrogen-bond acceptors (Lipinski definition) is 5. The Balaban J connectivity index is 2.18. The zero-order chi connectivity index (χ0) is 18.6. The molecule has 4 nitrogen and oxygen atoms in total. The zero-order valence-corrected chi connectivity index (χ0v) is 16.3. The molecular weight excluding hydrogens is 348 g/mol. The molecule has 0 N–H and O–H groups in total. The quantitative estimate of drug-likeness (QED) is 0.639. The van der Waals surface area contributed by atoms with Crippen molar-refractivity contribution in [3.63, 3.8) is 0 Å². The average molecular weight is 370 g/mol. The molecule has 0 fully saturated rings. The Bertz CT molecular complexity index is 1010. The summed E-state index contributed by atoms with van der Waals surface area (Å²) < 4.78 is 18.7. The van der Waals surface area contributed by atoms with Crippen LogP contribution in [-0.4, -0.2) is 17.5 Å². The molecule has 0 saturated heterocycles. The van der Waals surface area contributed by atoms with Crippen LogP contribution < -0.4 is 9.47 Å². The van der Waals surface area contributed by atoms with Crippen LogP contribution in [0.5, 0.6) is 11.5 Å². The minimum atomic E-state index is -0.450. The first-order chi connectivity index (χ1) is 12.3. The van der Waals surface area contributed by atoms with Crippen molar-refractivity contribution in [2.45, 2.75) is 58.7 Å². The minimum Gasteiger partial charge on any atom is -0.489 e. The Hall–Kier alpha value is -2.14. The molecule has 0 radical (unpaired) electrons. The van der Waals surface area contributed by atoms with Gasteiger partial charge in [0, 0.05) is 6.42 Å². The Morgan fingerprint density at radius 1 is 1.31 bits per heavy atom. The van der Waals surface area contributed by atoms with Crippen molar-refractivity contribution >= 4 is 35.0 Å². The molecule has 0 spiro atoms.